The molecule has 162 valence electrons. The molecule has 2 aromatic rings. The Labute approximate surface area is 180 Å². The summed E-state index contributed by atoms with van der Waals surface area (Å²) < 4.78 is 4.69. The number of methoxy groups -OCH3 is 1. The molecule has 2 amide bonds. The van der Waals surface area contributed by atoms with Crippen LogP contribution in [-0.4, -0.2) is 42.1 Å². The van der Waals surface area contributed by atoms with E-state index in [0.29, 0.717) is 11.1 Å². The molecule has 2 aromatic carbocycles. The van der Waals surface area contributed by atoms with Crippen LogP contribution in [0, 0.1) is 17.2 Å². The summed E-state index contributed by atoms with van der Waals surface area (Å²) in [5.41, 5.74) is 0.876. The normalized spacial score (nSPS) is 14.3. The highest BCUT2D eigenvalue weighted by molar-refractivity contribution is 5.95. The number of hydrogen-bond acceptors (Lipinski definition) is 6. The van der Waals surface area contributed by atoms with Gasteiger partial charge < -0.3 is 20.5 Å². The number of rotatable bonds is 9. The first-order valence-electron chi connectivity index (χ1n) is 9.74. The van der Waals surface area contributed by atoms with Crippen molar-refractivity contribution < 1.29 is 24.2 Å². The van der Waals surface area contributed by atoms with E-state index >= 15 is 0 Å². The fourth-order valence-electron chi connectivity index (χ4n) is 2.99. The Morgan fingerprint density at radius 1 is 1.03 bits per heavy atom. The molecule has 0 aliphatic heterocycles. The summed E-state index contributed by atoms with van der Waals surface area (Å²) in [6, 6.07) is 16.7. The minimum atomic E-state index is -1.69. The van der Waals surface area contributed by atoms with Crippen LogP contribution in [0.1, 0.15) is 35.3 Å². The number of amides is 2. The van der Waals surface area contributed by atoms with Gasteiger partial charge in [0.15, 0.2) is 6.10 Å². The van der Waals surface area contributed by atoms with Gasteiger partial charge in [0.1, 0.15) is 6.04 Å². The maximum Gasteiger partial charge on any atom is 0.328 e. The van der Waals surface area contributed by atoms with E-state index in [1.807, 2.05) is 6.07 Å². The molecule has 0 saturated carbocycles. The van der Waals surface area contributed by atoms with E-state index < -0.39 is 41.9 Å². The molecule has 8 heteroatoms. The molecular weight excluding hydrogens is 398 g/mol. The average Bonchev–Trinajstić information content (AvgIpc) is 2.81. The summed E-state index contributed by atoms with van der Waals surface area (Å²) in [6.07, 6.45) is -1.67. The van der Waals surface area contributed by atoms with Gasteiger partial charge in [-0.2, -0.15) is 5.26 Å². The molecule has 8 nitrogen and oxygen atoms in total. The van der Waals surface area contributed by atoms with Crippen molar-refractivity contribution >= 4 is 17.8 Å². The van der Waals surface area contributed by atoms with Crippen LogP contribution in [0.2, 0.25) is 0 Å². The zero-order chi connectivity index (χ0) is 22.8. The van der Waals surface area contributed by atoms with Crippen LogP contribution in [0.4, 0.5) is 0 Å². The predicted molar refractivity (Wildman–Crippen MR) is 112 cm³/mol. The number of nitriles is 1. The molecule has 0 radical (unpaired) electrons. The summed E-state index contributed by atoms with van der Waals surface area (Å²) in [4.78, 5) is 37.5. The molecule has 0 spiro atoms. The van der Waals surface area contributed by atoms with Gasteiger partial charge in [0.05, 0.1) is 19.2 Å². The average molecular weight is 423 g/mol. The summed E-state index contributed by atoms with van der Waals surface area (Å²) in [7, 11) is 1.17. The number of esters is 1. The van der Waals surface area contributed by atoms with Gasteiger partial charge in [0.25, 0.3) is 11.8 Å². The van der Waals surface area contributed by atoms with Gasteiger partial charge in [0.2, 0.25) is 0 Å². The van der Waals surface area contributed by atoms with Crippen molar-refractivity contribution in [3.05, 3.63) is 71.8 Å². The van der Waals surface area contributed by atoms with E-state index in [2.05, 4.69) is 10.6 Å². The third-order valence-electron chi connectivity index (χ3n) is 4.68. The molecule has 0 bridgehead atoms. The van der Waals surface area contributed by atoms with Crippen LogP contribution in [0.5, 0.6) is 0 Å². The van der Waals surface area contributed by atoms with E-state index in [0.717, 1.165) is 0 Å². The standard InChI is InChI=1S/C23H25N3O5/c1-15(14-24)13-18(23(30)31-2)25-22(29)20(27)19(16-9-5-3-6-10-16)26-21(28)17-11-7-4-8-12-17/h3-12,15,18-20,27H,13H2,1-2H3,(H,25,29)(H,26,28)/t15-,18-,19-,20+/m0/s1. The molecule has 3 N–H and O–H groups in total. The molecule has 0 aliphatic carbocycles. The van der Waals surface area contributed by atoms with E-state index in [1.54, 1.807) is 67.6 Å². The summed E-state index contributed by atoms with van der Waals surface area (Å²) in [5.74, 6) is -2.59. The van der Waals surface area contributed by atoms with Crippen LogP contribution >= 0.6 is 0 Å². The van der Waals surface area contributed by atoms with Crippen molar-refractivity contribution in [2.75, 3.05) is 7.11 Å². The van der Waals surface area contributed by atoms with Crippen LogP contribution in [0.3, 0.4) is 0 Å². The van der Waals surface area contributed by atoms with E-state index in [4.69, 9.17) is 10.00 Å². The Hall–Kier alpha value is -3.70. The van der Waals surface area contributed by atoms with Gasteiger partial charge >= 0.3 is 5.97 Å². The van der Waals surface area contributed by atoms with Gasteiger partial charge in [-0.1, -0.05) is 48.5 Å². The molecular formula is C23H25N3O5. The number of nitrogens with zero attached hydrogens (tertiary/aromatic N) is 1. The van der Waals surface area contributed by atoms with Gasteiger partial charge in [-0.15, -0.1) is 0 Å². The zero-order valence-corrected chi connectivity index (χ0v) is 17.3. The topological polar surface area (TPSA) is 129 Å². The van der Waals surface area contributed by atoms with Crippen molar-refractivity contribution in [3.63, 3.8) is 0 Å². The fourth-order valence-corrected chi connectivity index (χ4v) is 2.99. The first kappa shape index (κ1) is 23.6. The first-order valence-corrected chi connectivity index (χ1v) is 9.74. The fraction of sp³-hybridized carbons (Fsp3) is 0.304. The van der Waals surface area contributed by atoms with Gasteiger partial charge in [-0.25, -0.2) is 4.79 Å². The number of benzene rings is 2. The maximum atomic E-state index is 12.8. The molecule has 0 fully saturated rings. The lowest BCUT2D eigenvalue weighted by atomic mass is 9.98. The lowest BCUT2D eigenvalue weighted by molar-refractivity contribution is -0.147. The Morgan fingerprint density at radius 3 is 2.16 bits per heavy atom. The second-order valence-corrected chi connectivity index (χ2v) is 7.02. The van der Waals surface area contributed by atoms with Crippen LogP contribution in [-0.2, 0) is 14.3 Å². The molecule has 0 unspecified atom stereocenters. The van der Waals surface area contributed by atoms with Crippen molar-refractivity contribution in [1.82, 2.24) is 10.6 Å². The second kappa shape index (κ2) is 11.5. The lowest BCUT2D eigenvalue weighted by Crippen LogP contribution is -2.50. The highest BCUT2D eigenvalue weighted by Gasteiger charge is 2.33. The number of nitrogens with one attached hydrogen (secondary N) is 2. The Bertz CT molecular complexity index is 927. The van der Waals surface area contributed by atoms with Crippen molar-refractivity contribution in [1.29, 1.82) is 5.26 Å². The molecule has 0 aromatic heterocycles. The maximum absolute atomic E-state index is 12.8. The number of aliphatic hydroxyl groups is 1. The number of aliphatic hydroxyl groups excluding tert-OH is 1. The molecule has 2 rings (SSSR count). The Morgan fingerprint density at radius 2 is 1.61 bits per heavy atom. The lowest BCUT2D eigenvalue weighted by Gasteiger charge is -2.26. The first-order chi connectivity index (χ1) is 14.9. The van der Waals surface area contributed by atoms with E-state index in [-0.39, 0.29) is 6.42 Å². The van der Waals surface area contributed by atoms with E-state index in [9.17, 15) is 19.5 Å². The number of ether oxygens (including phenoxy) is 1. The molecule has 0 heterocycles. The third kappa shape index (κ3) is 6.66. The number of carbonyl (C=O) groups is 3. The number of carbonyl (C=O) groups excluding carboxylic acids is 3. The largest absolute Gasteiger partial charge is 0.467 e. The summed E-state index contributed by atoms with van der Waals surface area (Å²) >= 11 is 0. The van der Waals surface area contributed by atoms with Crippen molar-refractivity contribution in [3.8, 4) is 6.07 Å². The van der Waals surface area contributed by atoms with Gasteiger partial charge in [-0.05, 0) is 31.0 Å². The summed E-state index contributed by atoms with van der Waals surface area (Å²) in [5, 5.41) is 24.9. The van der Waals surface area contributed by atoms with Crippen molar-refractivity contribution in [2.24, 2.45) is 5.92 Å². The zero-order valence-electron chi connectivity index (χ0n) is 17.3. The Kier molecular flexibility index (Phi) is 8.73. The molecule has 0 saturated heterocycles. The SMILES string of the molecule is COC(=O)[C@H](C[C@H](C)C#N)NC(=O)[C@H](O)[C@@H](NC(=O)c1ccccc1)c1ccccc1. The van der Waals surface area contributed by atoms with E-state index in [1.165, 1.54) is 7.11 Å². The summed E-state index contributed by atoms with van der Waals surface area (Å²) in [6.45, 7) is 1.60. The van der Waals surface area contributed by atoms with Crippen LogP contribution < -0.4 is 10.6 Å². The van der Waals surface area contributed by atoms with Gasteiger partial charge in [0, 0.05) is 11.5 Å². The minimum absolute atomic E-state index is 0.0218. The third-order valence-corrected chi connectivity index (χ3v) is 4.68. The van der Waals surface area contributed by atoms with Crippen LogP contribution in [0.15, 0.2) is 60.7 Å². The smallest absolute Gasteiger partial charge is 0.328 e. The molecule has 0 aliphatic rings. The van der Waals surface area contributed by atoms with Crippen LogP contribution in [0.25, 0.3) is 0 Å². The molecule has 31 heavy (non-hydrogen) atoms. The number of hydrogen-bond donors (Lipinski definition) is 3. The Balaban J connectivity index is 2.24. The quantitative estimate of drug-likeness (QED) is 0.527. The highest BCUT2D eigenvalue weighted by Crippen LogP contribution is 2.19. The predicted octanol–water partition coefficient (Wildman–Crippen LogP) is 1.73. The van der Waals surface area contributed by atoms with Crippen molar-refractivity contribution in [2.45, 2.75) is 31.5 Å². The minimum Gasteiger partial charge on any atom is -0.467 e. The monoisotopic (exact) mass is 423 g/mol. The van der Waals surface area contributed by atoms with Gasteiger partial charge in [-0.3, -0.25) is 9.59 Å². The molecule has 4 atom stereocenters. The second-order valence-electron chi connectivity index (χ2n) is 7.02. The highest BCUT2D eigenvalue weighted by atomic mass is 16.5.